The van der Waals surface area contributed by atoms with Crippen LogP contribution in [0.3, 0.4) is 0 Å². The van der Waals surface area contributed by atoms with Crippen LogP contribution in [0, 0.1) is 0 Å². The molecule has 0 aliphatic rings. The van der Waals surface area contributed by atoms with Crippen LogP contribution in [-0.4, -0.2) is 86.5 Å². The molecule has 1 aromatic heterocycles. The molecular weight excluding hydrogens is 480 g/mol. The number of aromatic amines is 1. The third-order valence-electron chi connectivity index (χ3n) is 4.95. The highest BCUT2D eigenvalue weighted by Crippen LogP contribution is 2.04. The Kier molecular flexibility index (Phi) is 12.5. The van der Waals surface area contributed by atoms with Crippen molar-refractivity contribution in [1.29, 1.82) is 0 Å². The second-order valence-electron chi connectivity index (χ2n) is 7.96. The molecule has 1 aromatic rings. The number of imidazole rings is 1. The third-order valence-corrected chi connectivity index (χ3v) is 4.95. The fourth-order valence-electron chi connectivity index (χ4n) is 3.07. The minimum Gasteiger partial charge on any atom is -0.481 e. The van der Waals surface area contributed by atoms with Gasteiger partial charge in [-0.05, 0) is 19.4 Å². The van der Waals surface area contributed by atoms with E-state index in [9.17, 15) is 39.0 Å². The van der Waals surface area contributed by atoms with E-state index >= 15 is 0 Å². The van der Waals surface area contributed by atoms with Crippen LogP contribution in [-0.2, 0) is 35.2 Å². The van der Waals surface area contributed by atoms with Gasteiger partial charge in [0.25, 0.3) is 0 Å². The minimum atomic E-state index is -1.73. The molecule has 12 N–H and O–H groups in total. The molecule has 36 heavy (non-hydrogen) atoms. The summed E-state index contributed by atoms with van der Waals surface area (Å²) in [7, 11) is 0. The minimum absolute atomic E-state index is 0.197. The molecule has 0 radical (unpaired) electrons. The van der Waals surface area contributed by atoms with E-state index < -0.39 is 72.6 Å². The lowest BCUT2D eigenvalue weighted by Gasteiger charge is -2.24. The molecule has 0 saturated heterocycles. The lowest BCUT2D eigenvalue weighted by Crippen LogP contribution is -2.58. The Bertz CT molecular complexity index is 923. The molecule has 1 heterocycles. The summed E-state index contributed by atoms with van der Waals surface area (Å²) in [6.07, 6.45) is 2.30. The van der Waals surface area contributed by atoms with Crippen molar-refractivity contribution < 1.29 is 39.0 Å². The lowest BCUT2D eigenvalue weighted by atomic mass is 10.1. The smallest absolute Gasteiger partial charge is 0.326 e. The predicted molar refractivity (Wildman–Crippen MR) is 123 cm³/mol. The number of primary amides is 1. The number of H-pyrrole nitrogens is 1. The molecule has 16 nitrogen and oxygen atoms in total. The molecule has 200 valence electrons. The van der Waals surface area contributed by atoms with Gasteiger partial charge in [-0.3, -0.25) is 24.0 Å². The number of carboxylic acid groups (broad SMARTS) is 2. The number of hydrogen-bond donors (Lipinski definition) is 9. The summed E-state index contributed by atoms with van der Waals surface area (Å²) in [5.74, 6) is -6.82. The van der Waals surface area contributed by atoms with Crippen LogP contribution < -0.4 is 33.2 Å². The Morgan fingerprint density at radius 3 is 2.00 bits per heavy atom. The molecule has 0 fully saturated rings. The fourth-order valence-corrected chi connectivity index (χ4v) is 3.07. The number of unbranched alkanes of at least 4 members (excludes halogenated alkanes) is 1. The summed E-state index contributed by atoms with van der Waals surface area (Å²) in [5, 5.41) is 25.1. The van der Waals surface area contributed by atoms with Crippen LogP contribution >= 0.6 is 0 Å². The first-order valence-electron chi connectivity index (χ1n) is 11.0. The summed E-state index contributed by atoms with van der Waals surface area (Å²) in [5.41, 5.74) is 16.7. The van der Waals surface area contributed by atoms with Crippen molar-refractivity contribution in [2.45, 2.75) is 62.7 Å². The van der Waals surface area contributed by atoms with Crippen molar-refractivity contribution in [3.63, 3.8) is 0 Å². The number of carbonyl (C=O) groups is 6. The van der Waals surface area contributed by atoms with Crippen molar-refractivity contribution in [2.24, 2.45) is 17.2 Å². The number of carbonyl (C=O) groups excluding carboxylic acids is 4. The number of amides is 4. The zero-order chi connectivity index (χ0) is 27.3. The van der Waals surface area contributed by atoms with Crippen LogP contribution in [0.25, 0.3) is 0 Å². The molecule has 0 aliphatic heterocycles. The average Bonchev–Trinajstić information content (AvgIpc) is 3.30. The molecular formula is C20H32N8O8. The number of rotatable bonds is 17. The zero-order valence-electron chi connectivity index (χ0n) is 19.4. The number of aliphatic carboxylic acids is 2. The van der Waals surface area contributed by atoms with Crippen LogP contribution in [0.5, 0.6) is 0 Å². The van der Waals surface area contributed by atoms with Gasteiger partial charge < -0.3 is 48.3 Å². The first kappa shape index (κ1) is 30.0. The second kappa shape index (κ2) is 15.0. The highest BCUT2D eigenvalue weighted by Gasteiger charge is 2.32. The zero-order valence-corrected chi connectivity index (χ0v) is 19.4. The van der Waals surface area contributed by atoms with E-state index in [1.807, 2.05) is 0 Å². The summed E-state index contributed by atoms with van der Waals surface area (Å²) in [6, 6.07) is -5.78. The van der Waals surface area contributed by atoms with Gasteiger partial charge in [0.2, 0.25) is 23.6 Å². The number of carboxylic acids is 2. The third kappa shape index (κ3) is 10.9. The molecule has 4 amide bonds. The van der Waals surface area contributed by atoms with Gasteiger partial charge in [-0.2, -0.15) is 0 Å². The van der Waals surface area contributed by atoms with Crippen molar-refractivity contribution in [1.82, 2.24) is 25.9 Å². The molecule has 4 unspecified atom stereocenters. The Morgan fingerprint density at radius 1 is 0.917 bits per heavy atom. The van der Waals surface area contributed by atoms with Gasteiger partial charge in [0.1, 0.15) is 18.1 Å². The standard InChI is InChI=1S/C20H32N8O8/c21-4-2-1-3-11(22)17(32)26-12(6-15(23)29)18(33)27-13(7-16(30)31)19(34)28-14(20(35)36)5-10-8-24-9-25-10/h8-9,11-14H,1-7,21-22H2,(H2,23,29)(H,24,25)(H,26,32)(H,27,33)(H,28,34)(H,30,31)(H,35,36). The molecule has 0 bridgehead atoms. The first-order chi connectivity index (χ1) is 16.9. The highest BCUT2D eigenvalue weighted by atomic mass is 16.4. The van der Waals surface area contributed by atoms with Crippen LogP contribution in [0.4, 0.5) is 0 Å². The Balaban J connectivity index is 2.95. The number of nitrogens with one attached hydrogen (secondary N) is 4. The first-order valence-corrected chi connectivity index (χ1v) is 11.0. The molecule has 16 heteroatoms. The monoisotopic (exact) mass is 512 g/mol. The number of aromatic nitrogens is 2. The van der Waals surface area contributed by atoms with Gasteiger partial charge in [0.15, 0.2) is 0 Å². The van der Waals surface area contributed by atoms with Crippen molar-refractivity contribution in [3.8, 4) is 0 Å². The van der Waals surface area contributed by atoms with Gasteiger partial charge >= 0.3 is 11.9 Å². The van der Waals surface area contributed by atoms with Crippen molar-refractivity contribution in [2.75, 3.05) is 6.54 Å². The van der Waals surface area contributed by atoms with Gasteiger partial charge in [-0.15, -0.1) is 0 Å². The molecule has 1 rings (SSSR count). The van der Waals surface area contributed by atoms with E-state index in [2.05, 4.69) is 25.9 Å². The largest absolute Gasteiger partial charge is 0.481 e. The Hall–Kier alpha value is -4.05. The average molecular weight is 513 g/mol. The van der Waals surface area contributed by atoms with E-state index in [1.165, 1.54) is 12.5 Å². The summed E-state index contributed by atoms with van der Waals surface area (Å²) in [4.78, 5) is 78.5. The van der Waals surface area contributed by atoms with Gasteiger partial charge in [0.05, 0.1) is 25.2 Å². The Labute approximate surface area is 205 Å². The molecule has 0 spiro atoms. The van der Waals surface area contributed by atoms with Crippen LogP contribution in [0.2, 0.25) is 0 Å². The van der Waals surface area contributed by atoms with Gasteiger partial charge in [-0.25, -0.2) is 9.78 Å². The molecule has 0 aromatic carbocycles. The number of hydrogen-bond acceptors (Lipinski definition) is 9. The maximum absolute atomic E-state index is 12.8. The molecule has 0 aliphatic carbocycles. The van der Waals surface area contributed by atoms with Crippen LogP contribution in [0.15, 0.2) is 12.5 Å². The number of nitrogens with zero attached hydrogens (tertiary/aromatic N) is 1. The van der Waals surface area contributed by atoms with Gasteiger partial charge in [-0.1, -0.05) is 6.42 Å². The van der Waals surface area contributed by atoms with E-state index in [4.69, 9.17) is 17.2 Å². The maximum atomic E-state index is 12.8. The maximum Gasteiger partial charge on any atom is 0.326 e. The number of nitrogens with two attached hydrogens (primary N) is 3. The van der Waals surface area contributed by atoms with Crippen molar-refractivity contribution in [3.05, 3.63) is 18.2 Å². The van der Waals surface area contributed by atoms with E-state index in [0.717, 1.165) is 0 Å². The van der Waals surface area contributed by atoms with E-state index in [0.29, 0.717) is 25.1 Å². The molecule has 0 saturated carbocycles. The highest BCUT2D eigenvalue weighted by molar-refractivity contribution is 5.97. The summed E-state index contributed by atoms with van der Waals surface area (Å²) >= 11 is 0. The SMILES string of the molecule is NCCCCC(N)C(=O)NC(CC(N)=O)C(=O)NC(CC(=O)O)C(=O)NC(Cc1cnc[nH]1)C(=O)O. The Morgan fingerprint density at radius 2 is 1.50 bits per heavy atom. The second-order valence-corrected chi connectivity index (χ2v) is 7.96. The summed E-state index contributed by atoms with van der Waals surface area (Å²) in [6.45, 7) is 0.401. The van der Waals surface area contributed by atoms with E-state index in [-0.39, 0.29) is 12.8 Å². The topological polar surface area (TPSA) is 286 Å². The predicted octanol–water partition coefficient (Wildman–Crippen LogP) is -3.70. The van der Waals surface area contributed by atoms with Crippen molar-refractivity contribution >= 4 is 35.6 Å². The fraction of sp³-hybridized carbons (Fsp3) is 0.550. The summed E-state index contributed by atoms with van der Waals surface area (Å²) < 4.78 is 0. The van der Waals surface area contributed by atoms with Gasteiger partial charge in [0, 0.05) is 18.3 Å². The van der Waals surface area contributed by atoms with E-state index in [1.54, 1.807) is 0 Å². The normalized spacial score (nSPS) is 14.1. The van der Waals surface area contributed by atoms with Crippen LogP contribution in [0.1, 0.15) is 37.8 Å². The molecule has 4 atom stereocenters. The lowest BCUT2D eigenvalue weighted by molar-refractivity contribution is -0.143. The quantitative estimate of drug-likeness (QED) is 0.0915.